The van der Waals surface area contributed by atoms with Crippen molar-refractivity contribution < 1.29 is 4.79 Å². The predicted molar refractivity (Wildman–Crippen MR) is 113 cm³/mol. The number of nitrogens with zero attached hydrogens (tertiary/aromatic N) is 3. The first-order valence-electron chi connectivity index (χ1n) is 10.0. The number of pyridine rings is 1. The third-order valence-corrected chi connectivity index (χ3v) is 5.68. The molecule has 0 bridgehead atoms. The first-order valence-corrected chi connectivity index (χ1v) is 10.0. The number of fused-ring (bicyclic) bond motifs is 1. The van der Waals surface area contributed by atoms with E-state index in [9.17, 15) is 10.1 Å². The van der Waals surface area contributed by atoms with Crippen molar-refractivity contribution in [3.05, 3.63) is 77.6 Å². The highest BCUT2D eigenvalue weighted by Gasteiger charge is 2.25. The van der Waals surface area contributed by atoms with Crippen molar-refractivity contribution in [1.82, 2.24) is 15.2 Å². The van der Waals surface area contributed by atoms with E-state index in [1.54, 1.807) is 12.4 Å². The van der Waals surface area contributed by atoms with Crippen LogP contribution in [-0.2, 0) is 17.9 Å². The summed E-state index contributed by atoms with van der Waals surface area (Å²) in [6.07, 6.45) is 5.25. The summed E-state index contributed by atoms with van der Waals surface area (Å²) in [5.41, 5.74) is 2.97. The zero-order valence-electron chi connectivity index (χ0n) is 16.3. The number of aromatic nitrogens is 1. The molecule has 2 heterocycles. The van der Waals surface area contributed by atoms with Crippen molar-refractivity contribution in [3.8, 4) is 6.07 Å². The second-order valence-electron chi connectivity index (χ2n) is 7.56. The van der Waals surface area contributed by atoms with Gasteiger partial charge < -0.3 is 5.32 Å². The Bertz CT molecular complexity index is 1030. The van der Waals surface area contributed by atoms with Crippen LogP contribution in [0.15, 0.2) is 60.9 Å². The standard InChI is InChI=1S/C24H24N4O/c25-14-20-7-8-21(23-6-2-1-5-22(20)23)17-28-12-9-19(10-13-28)24(29)27-16-18-4-3-11-26-15-18/h1-8,11,15,19H,9-10,12-13,16-17H2,(H,27,29). The predicted octanol–water partition coefficient (Wildman–Crippen LogP) is 3.63. The van der Waals surface area contributed by atoms with E-state index in [1.807, 2.05) is 36.4 Å². The lowest BCUT2D eigenvalue weighted by Crippen LogP contribution is -2.40. The molecule has 5 heteroatoms. The van der Waals surface area contributed by atoms with Crippen molar-refractivity contribution >= 4 is 16.7 Å². The zero-order valence-corrected chi connectivity index (χ0v) is 16.3. The Labute approximate surface area is 171 Å². The van der Waals surface area contributed by atoms with E-state index in [2.05, 4.69) is 33.4 Å². The molecule has 0 atom stereocenters. The van der Waals surface area contributed by atoms with Crippen LogP contribution in [0.3, 0.4) is 0 Å². The molecule has 3 aromatic rings. The van der Waals surface area contributed by atoms with Gasteiger partial charge in [0, 0.05) is 31.4 Å². The molecule has 1 amide bonds. The van der Waals surface area contributed by atoms with E-state index in [4.69, 9.17) is 0 Å². The first-order chi connectivity index (χ1) is 14.2. The van der Waals surface area contributed by atoms with Crippen LogP contribution < -0.4 is 5.32 Å². The molecule has 1 fully saturated rings. The molecular weight excluding hydrogens is 360 g/mol. The van der Waals surface area contributed by atoms with E-state index in [1.165, 1.54) is 5.56 Å². The maximum atomic E-state index is 12.5. The Balaban J connectivity index is 1.34. The highest BCUT2D eigenvalue weighted by Crippen LogP contribution is 2.25. The Morgan fingerprint density at radius 3 is 2.62 bits per heavy atom. The van der Waals surface area contributed by atoms with Gasteiger partial charge in [-0.05, 0) is 60.0 Å². The summed E-state index contributed by atoms with van der Waals surface area (Å²) in [4.78, 5) is 19.0. The molecule has 0 aliphatic carbocycles. The Morgan fingerprint density at radius 1 is 1.10 bits per heavy atom. The lowest BCUT2D eigenvalue weighted by molar-refractivity contribution is -0.126. The van der Waals surface area contributed by atoms with Gasteiger partial charge in [0.1, 0.15) is 0 Å². The Hall–Kier alpha value is -3.23. The number of amides is 1. The maximum absolute atomic E-state index is 12.5. The number of carbonyl (C=O) groups is 1. The third-order valence-electron chi connectivity index (χ3n) is 5.68. The fourth-order valence-corrected chi connectivity index (χ4v) is 4.03. The molecule has 1 aliphatic heterocycles. The molecule has 2 aromatic carbocycles. The second-order valence-corrected chi connectivity index (χ2v) is 7.56. The van der Waals surface area contributed by atoms with Gasteiger partial charge in [0.05, 0.1) is 11.6 Å². The van der Waals surface area contributed by atoms with Crippen LogP contribution >= 0.6 is 0 Å². The summed E-state index contributed by atoms with van der Waals surface area (Å²) >= 11 is 0. The van der Waals surface area contributed by atoms with Gasteiger partial charge in [0.25, 0.3) is 0 Å². The third kappa shape index (κ3) is 4.44. The van der Waals surface area contributed by atoms with E-state index in [0.29, 0.717) is 12.1 Å². The highest BCUT2D eigenvalue weighted by atomic mass is 16.1. The molecule has 0 unspecified atom stereocenters. The average molecular weight is 384 g/mol. The van der Waals surface area contributed by atoms with Crippen LogP contribution in [0.4, 0.5) is 0 Å². The molecule has 5 nitrogen and oxygen atoms in total. The van der Waals surface area contributed by atoms with E-state index < -0.39 is 0 Å². The summed E-state index contributed by atoms with van der Waals surface area (Å²) in [5, 5.41) is 14.5. The number of hydrogen-bond donors (Lipinski definition) is 1. The number of carbonyl (C=O) groups excluding carboxylic acids is 1. The number of piperidine rings is 1. The SMILES string of the molecule is N#Cc1ccc(CN2CCC(C(=O)NCc3cccnc3)CC2)c2ccccc12. The molecule has 0 radical (unpaired) electrons. The minimum Gasteiger partial charge on any atom is -0.352 e. The number of hydrogen-bond acceptors (Lipinski definition) is 4. The summed E-state index contributed by atoms with van der Waals surface area (Å²) in [7, 11) is 0. The van der Waals surface area contributed by atoms with Crippen LogP contribution in [-0.4, -0.2) is 28.9 Å². The minimum atomic E-state index is 0.0700. The fraction of sp³-hybridized carbons (Fsp3) is 0.292. The van der Waals surface area contributed by atoms with Gasteiger partial charge in [-0.3, -0.25) is 14.7 Å². The van der Waals surface area contributed by atoms with Gasteiger partial charge in [-0.25, -0.2) is 0 Å². The average Bonchev–Trinajstić information content (AvgIpc) is 2.79. The normalized spacial score (nSPS) is 15.1. The molecule has 1 aliphatic rings. The molecule has 1 aromatic heterocycles. The largest absolute Gasteiger partial charge is 0.352 e. The van der Waals surface area contributed by atoms with Crippen molar-refractivity contribution in [3.63, 3.8) is 0 Å². The minimum absolute atomic E-state index is 0.0700. The van der Waals surface area contributed by atoms with Crippen LogP contribution in [0.1, 0.15) is 29.5 Å². The number of nitriles is 1. The van der Waals surface area contributed by atoms with Gasteiger partial charge in [0.15, 0.2) is 0 Å². The quantitative estimate of drug-likeness (QED) is 0.729. The number of likely N-dealkylation sites (tertiary alicyclic amines) is 1. The van der Waals surface area contributed by atoms with Crippen LogP contribution in [0.25, 0.3) is 10.8 Å². The van der Waals surface area contributed by atoms with Gasteiger partial charge >= 0.3 is 0 Å². The number of nitrogens with one attached hydrogen (secondary N) is 1. The first kappa shape index (κ1) is 19.1. The van der Waals surface area contributed by atoms with Crippen molar-refractivity contribution in [2.24, 2.45) is 5.92 Å². The smallest absolute Gasteiger partial charge is 0.223 e. The van der Waals surface area contributed by atoms with E-state index >= 15 is 0 Å². The van der Waals surface area contributed by atoms with Crippen LogP contribution in [0.5, 0.6) is 0 Å². The number of benzene rings is 2. The Kier molecular flexibility index (Phi) is 5.83. The van der Waals surface area contributed by atoms with Crippen molar-refractivity contribution in [2.45, 2.75) is 25.9 Å². The van der Waals surface area contributed by atoms with Crippen molar-refractivity contribution in [2.75, 3.05) is 13.1 Å². The summed E-state index contributed by atoms with van der Waals surface area (Å²) in [6.45, 7) is 3.18. The molecule has 4 rings (SSSR count). The van der Waals surface area contributed by atoms with Gasteiger partial charge in [0.2, 0.25) is 5.91 Å². The molecule has 1 N–H and O–H groups in total. The molecule has 1 saturated heterocycles. The molecular formula is C24H24N4O. The van der Waals surface area contributed by atoms with E-state index in [-0.39, 0.29) is 11.8 Å². The van der Waals surface area contributed by atoms with Crippen LogP contribution in [0, 0.1) is 17.2 Å². The monoisotopic (exact) mass is 384 g/mol. The fourth-order valence-electron chi connectivity index (χ4n) is 4.03. The molecule has 146 valence electrons. The van der Waals surface area contributed by atoms with Crippen LogP contribution in [0.2, 0.25) is 0 Å². The Morgan fingerprint density at radius 2 is 1.90 bits per heavy atom. The second kappa shape index (κ2) is 8.85. The molecule has 0 spiro atoms. The number of rotatable bonds is 5. The zero-order chi connectivity index (χ0) is 20.1. The topological polar surface area (TPSA) is 69.0 Å². The lowest BCUT2D eigenvalue weighted by Gasteiger charge is -2.31. The van der Waals surface area contributed by atoms with Gasteiger partial charge in [-0.2, -0.15) is 5.26 Å². The summed E-state index contributed by atoms with van der Waals surface area (Å²) in [5.74, 6) is 0.206. The summed E-state index contributed by atoms with van der Waals surface area (Å²) in [6, 6.07) is 18.2. The van der Waals surface area contributed by atoms with Gasteiger partial charge in [-0.15, -0.1) is 0 Å². The molecule has 0 saturated carbocycles. The van der Waals surface area contributed by atoms with Crippen molar-refractivity contribution in [1.29, 1.82) is 5.26 Å². The maximum Gasteiger partial charge on any atom is 0.223 e. The summed E-state index contributed by atoms with van der Waals surface area (Å²) < 4.78 is 0. The lowest BCUT2D eigenvalue weighted by atomic mass is 9.94. The highest BCUT2D eigenvalue weighted by molar-refractivity contribution is 5.90. The molecule has 29 heavy (non-hydrogen) atoms. The van der Waals surface area contributed by atoms with Gasteiger partial charge in [-0.1, -0.05) is 36.4 Å². The van der Waals surface area contributed by atoms with E-state index in [0.717, 1.165) is 48.8 Å².